The fourth-order valence-corrected chi connectivity index (χ4v) is 11.9. The number of rotatable bonds is 10. The van der Waals surface area contributed by atoms with E-state index < -0.39 is 33.9 Å². The molecule has 0 unspecified atom stereocenters. The summed E-state index contributed by atoms with van der Waals surface area (Å²) in [5.41, 5.74) is -1.54. The Labute approximate surface area is 245 Å². The highest BCUT2D eigenvalue weighted by Crippen LogP contribution is 2.46. The molecule has 1 saturated heterocycles. The third-order valence-electron chi connectivity index (χ3n) is 9.47. The quantitative estimate of drug-likeness (QED) is 0.333. The Balaban J connectivity index is 2.00. The van der Waals surface area contributed by atoms with Crippen LogP contribution in [-0.4, -0.2) is 63.5 Å². The number of benzene rings is 2. The zero-order valence-electron chi connectivity index (χ0n) is 26.6. The Bertz CT molecular complexity index is 1040. The third kappa shape index (κ3) is 6.67. The average molecular weight is 587 g/mol. The van der Waals surface area contributed by atoms with Gasteiger partial charge in [-0.25, -0.2) is 0 Å². The zero-order chi connectivity index (χ0) is 30.0. The van der Waals surface area contributed by atoms with Gasteiger partial charge in [-0.3, -0.25) is 0 Å². The van der Waals surface area contributed by atoms with Crippen molar-refractivity contribution in [2.75, 3.05) is 13.2 Å². The average Bonchev–Trinajstić information content (AvgIpc) is 2.85. The molecule has 5 nitrogen and oxygen atoms in total. The summed E-state index contributed by atoms with van der Waals surface area (Å²) in [5, 5.41) is 23.4. The molecular weight excluding hydrogens is 533 g/mol. The fraction of sp³-hybridized carbons (Fsp3) is 0.636. The lowest BCUT2D eigenvalue weighted by atomic mass is 9.79. The maximum Gasteiger partial charge on any atom is 0.261 e. The van der Waals surface area contributed by atoms with Crippen LogP contribution in [0, 0.1) is 0 Å². The molecule has 0 bridgehead atoms. The smallest absolute Gasteiger partial charge is 0.261 e. The minimum atomic E-state index is -2.71. The van der Waals surface area contributed by atoms with Gasteiger partial charge in [-0.15, -0.1) is 0 Å². The van der Waals surface area contributed by atoms with Gasteiger partial charge in [-0.1, -0.05) is 102 Å². The Morgan fingerprint density at radius 1 is 0.825 bits per heavy atom. The summed E-state index contributed by atoms with van der Waals surface area (Å²) in [6.45, 7) is 22.5. The van der Waals surface area contributed by atoms with Crippen molar-refractivity contribution in [1.82, 2.24) is 0 Å². The van der Waals surface area contributed by atoms with Crippen molar-refractivity contribution in [1.29, 1.82) is 0 Å². The Hall–Kier alpha value is -1.33. The molecule has 1 fully saturated rings. The van der Waals surface area contributed by atoms with Crippen LogP contribution in [0.1, 0.15) is 74.7 Å². The number of aliphatic hydroxyl groups excluding tert-OH is 2. The maximum atomic E-state index is 11.2. The van der Waals surface area contributed by atoms with E-state index in [0.29, 0.717) is 25.9 Å². The van der Waals surface area contributed by atoms with E-state index in [1.807, 2.05) is 6.92 Å². The standard InChI is InChI=1S/C33H54O5Si2/c1-30(2,3)39(9,10)37-29-25-28(35)32(7,21-23-34)38-33(29,8)22-24-36-40(31(4,5)6,26-17-13-11-14-18-26)27-19-15-12-16-20-27/h11-20,28-29,34-35H,21-25H2,1-10H3/t28-,29+,32+,33-/m1/s1. The van der Waals surface area contributed by atoms with Gasteiger partial charge in [0, 0.05) is 32.5 Å². The van der Waals surface area contributed by atoms with Crippen LogP contribution in [0.3, 0.4) is 0 Å². The number of aliphatic hydroxyl groups is 2. The molecule has 2 aromatic carbocycles. The van der Waals surface area contributed by atoms with E-state index in [1.54, 1.807) is 0 Å². The molecule has 4 atom stereocenters. The first-order valence-corrected chi connectivity index (χ1v) is 19.7. The van der Waals surface area contributed by atoms with E-state index in [9.17, 15) is 10.2 Å². The molecule has 1 aliphatic rings. The molecule has 0 aromatic heterocycles. The molecule has 40 heavy (non-hydrogen) atoms. The second-order valence-corrected chi connectivity index (χ2v) is 23.6. The molecule has 0 aliphatic carbocycles. The van der Waals surface area contributed by atoms with E-state index >= 15 is 0 Å². The van der Waals surface area contributed by atoms with E-state index in [-0.39, 0.29) is 22.8 Å². The summed E-state index contributed by atoms with van der Waals surface area (Å²) < 4.78 is 21.0. The number of hydrogen-bond donors (Lipinski definition) is 2. The van der Waals surface area contributed by atoms with Gasteiger partial charge >= 0.3 is 0 Å². The molecule has 0 spiro atoms. The predicted molar refractivity (Wildman–Crippen MR) is 170 cm³/mol. The van der Waals surface area contributed by atoms with Crippen LogP contribution in [0.2, 0.25) is 23.2 Å². The van der Waals surface area contributed by atoms with Crippen molar-refractivity contribution in [2.45, 2.75) is 121 Å². The van der Waals surface area contributed by atoms with Crippen LogP contribution in [0.15, 0.2) is 60.7 Å². The van der Waals surface area contributed by atoms with Crippen molar-refractivity contribution < 1.29 is 23.8 Å². The van der Waals surface area contributed by atoms with Crippen molar-refractivity contribution >= 4 is 27.0 Å². The van der Waals surface area contributed by atoms with Crippen LogP contribution < -0.4 is 10.4 Å². The van der Waals surface area contributed by atoms with Crippen molar-refractivity contribution in [3.63, 3.8) is 0 Å². The van der Waals surface area contributed by atoms with E-state index in [0.717, 1.165) is 0 Å². The van der Waals surface area contributed by atoms with E-state index in [4.69, 9.17) is 13.6 Å². The molecule has 7 heteroatoms. The second-order valence-electron chi connectivity index (χ2n) is 14.6. The fourth-order valence-electron chi connectivity index (χ4n) is 5.89. The third-order valence-corrected chi connectivity index (χ3v) is 19.0. The van der Waals surface area contributed by atoms with Gasteiger partial charge in [0.2, 0.25) is 0 Å². The van der Waals surface area contributed by atoms with Gasteiger partial charge in [0.25, 0.3) is 8.32 Å². The summed E-state index contributed by atoms with van der Waals surface area (Å²) in [6.07, 6.45) is 0.452. The Morgan fingerprint density at radius 2 is 1.32 bits per heavy atom. The van der Waals surface area contributed by atoms with Crippen LogP contribution in [0.4, 0.5) is 0 Å². The van der Waals surface area contributed by atoms with Gasteiger partial charge in [-0.2, -0.15) is 0 Å². The predicted octanol–water partition coefficient (Wildman–Crippen LogP) is 6.02. The molecule has 0 amide bonds. The topological polar surface area (TPSA) is 68.2 Å². The molecule has 224 valence electrons. The highest BCUT2D eigenvalue weighted by molar-refractivity contribution is 6.99. The first-order valence-electron chi connectivity index (χ1n) is 14.8. The molecule has 0 radical (unpaired) electrons. The molecule has 3 rings (SSSR count). The summed E-state index contributed by atoms with van der Waals surface area (Å²) in [5.74, 6) is 0. The molecule has 2 aromatic rings. The minimum absolute atomic E-state index is 0.0239. The maximum absolute atomic E-state index is 11.2. The van der Waals surface area contributed by atoms with Gasteiger partial charge in [0.1, 0.15) is 0 Å². The SMILES string of the molecule is CC(C)(C)[Si](C)(C)O[C@H]1C[C@@H](O)[C@](C)(CCO)O[C@]1(C)CCO[Si](c1ccccc1)(c1ccccc1)C(C)(C)C. The lowest BCUT2D eigenvalue weighted by Gasteiger charge is -2.55. The van der Waals surface area contributed by atoms with Gasteiger partial charge < -0.3 is 23.8 Å². The number of hydrogen-bond acceptors (Lipinski definition) is 5. The lowest BCUT2D eigenvalue weighted by Crippen LogP contribution is -2.67. The van der Waals surface area contributed by atoms with Crippen LogP contribution >= 0.6 is 0 Å². The summed E-state index contributed by atoms with van der Waals surface area (Å²) in [4.78, 5) is 0. The lowest BCUT2D eigenvalue weighted by molar-refractivity contribution is -0.266. The molecule has 2 N–H and O–H groups in total. The summed E-state index contributed by atoms with van der Waals surface area (Å²) in [7, 11) is -4.87. The molecule has 0 saturated carbocycles. The van der Waals surface area contributed by atoms with Gasteiger partial charge in [0.15, 0.2) is 8.32 Å². The Morgan fingerprint density at radius 3 is 1.75 bits per heavy atom. The van der Waals surface area contributed by atoms with Crippen molar-refractivity contribution in [3.05, 3.63) is 60.7 Å². The van der Waals surface area contributed by atoms with Gasteiger partial charge in [0.05, 0.1) is 23.4 Å². The van der Waals surface area contributed by atoms with Crippen LogP contribution in [0.25, 0.3) is 0 Å². The minimum Gasteiger partial charge on any atom is -0.411 e. The first kappa shape index (κ1) is 33.2. The Kier molecular flexibility index (Phi) is 10.0. The van der Waals surface area contributed by atoms with Crippen molar-refractivity contribution in [2.24, 2.45) is 0 Å². The van der Waals surface area contributed by atoms with Gasteiger partial charge in [-0.05, 0) is 47.4 Å². The monoisotopic (exact) mass is 586 g/mol. The zero-order valence-corrected chi connectivity index (χ0v) is 28.6. The normalized spacial score (nSPS) is 26.6. The van der Waals surface area contributed by atoms with E-state index in [1.165, 1.54) is 10.4 Å². The van der Waals surface area contributed by atoms with Crippen molar-refractivity contribution in [3.8, 4) is 0 Å². The summed E-state index contributed by atoms with van der Waals surface area (Å²) >= 11 is 0. The largest absolute Gasteiger partial charge is 0.411 e. The highest BCUT2D eigenvalue weighted by Gasteiger charge is 2.55. The number of ether oxygens (including phenoxy) is 1. The van der Waals surface area contributed by atoms with E-state index in [2.05, 4.69) is 122 Å². The molecule has 1 aliphatic heterocycles. The highest BCUT2D eigenvalue weighted by atomic mass is 28.4. The van der Waals surface area contributed by atoms with Crippen LogP contribution in [0.5, 0.6) is 0 Å². The second kappa shape index (κ2) is 12.1. The molecular formula is C33H54O5Si2. The summed E-state index contributed by atoms with van der Waals surface area (Å²) in [6, 6.07) is 21.4. The van der Waals surface area contributed by atoms with Crippen LogP contribution in [-0.2, 0) is 13.6 Å². The molecule has 1 heterocycles. The first-order chi connectivity index (χ1) is 18.4.